The number of aryl methyl sites for hydroxylation is 1. The lowest BCUT2D eigenvalue weighted by Crippen LogP contribution is -2.31. The fourth-order valence-corrected chi connectivity index (χ4v) is 4.38. The van der Waals surface area contributed by atoms with Gasteiger partial charge >= 0.3 is 11.9 Å². The van der Waals surface area contributed by atoms with Crippen molar-refractivity contribution in [2.75, 3.05) is 13.2 Å². The van der Waals surface area contributed by atoms with Crippen LogP contribution in [0, 0.1) is 0 Å². The summed E-state index contributed by atoms with van der Waals surface area (Å²) in [5.41, 5.74) is 0.557. The second-order valence-electron chi connectivity index (χ2n) is 8.32. The molecule has 0 aromatic heterocycles. The van der Waals surface area contributed by atoms with Gasteiger partial charge in [-0.3, -0.25) is 4.55 Å². The van der Waals surface area contributed by atoms with E-state index in [2.05, 4.69) is 17.2 Å². The van der Waals surface area contributed by atoms with Gasteiger partial charge in [-0.1, -0.05) is 70.8 Å². The third-order valence-corrected chi connectivity index (χ3v) is 6.37. The molecule has 0 aliphatic rings. The average molecular weight is 513 g/mol. The standard InChI is InChI=1S/C25H40N2O7S/c1-4-7-8-9-10-11-12-13-14-15-16-20-17-18-21(19-22(20)35(30,31)32)26-27-23(24(28)33-5-2)25(29)34-6-3/h17-19,23H,4-16H2,1-3H3,(H,30,31,32). The third-order valence-electron chi connectivity index (χ3n) is 5.44. The molecule has 10 heteroatoms. The summed E-state index contributed by atoms with van der Waals surface area (Å²) in [5.74, 6) is -1.83. The van der Waals surface area contributed by atoms with Crippen molar-refractivity contribution >= 4 is 27.7 Å². The molecule has 0 heterocycles. The molecule has 0 aliphatic heterocycles. The maximum Gasteiger partial charge on any atom is 0.344 e. The first-order valence-electron chi connectivity index (χ1n) is 12.6. The highest BCUT2D eigenvalue weighted by Gasteiger charge is 2.29. The van der Waals surface area contributed by atoms with Gasteiger partial charge in [-0.05, 0) is 44.4 Å². The SMILES string of the molecule is CCCCCCCCCCCCc1ccc(N=NC(C(=O)OCC)C(=O)OCC)cc1S(=O)(=O)O. The van der Waals surface area contributed by atoms with Gasteiger partial charge in [0.2, 0.25) is 0 Å². The van der Waals surface area contributed by atoms with Crippen LogP contribution in [0.15, 0.2) is 33.3 Å². The van der Waals surface area contributed by atoms with E-state index in [9.17, 15) is 22.6 Å². The summed E-state index contributed by atoms with van der Waals surface area (Å²) in [5, 5.41) is 7.54. The lowest BCUT2D eigenvalue weighted by molar-refractivity contribution is -0.156. The number of nitrogens with zero attached hydrogens (tertiary/aromatic N) is 2. The Labute approximate surface area is 209 Å². The van der Waals surface area contributed by atoms with Gasteiger partial charge in [-0.25, -0.2) is 9.59 Å². The van der Waals surface area contributed by atoms with Gasteiger partial charge in [0.25, 0.3) is 16.2 Å². The topological polar surface area (TPSA) is 132 Å². The van der Waals surface area contributed by atoms with E-state index in [0.717, 1.165) is 19.3 Å². The van der Waals surface area contributed by atoms with E-state index in [0.29, 0.717) is 12.0 Å². The highest BCUT2D eigenvalue weighted by atomic mass is 32.2. The Morgan fingerprint density at radius 2 is 1.37 bits per heavy atom. The van der Waals surface area contributed by atoms with E-state index in [1.807, 2.05) is 0 Å². The van der Waals surface area contributed by atoms with Crippen LogP contribution in [-0.4, -0.2) is 44.2 Å². The molecule has 0 unspecified atom stereocenters. The van der Waals surface area contributed by atoms with E-state index in [1.54, 1.807) is 19.9 Å². The fourth-order valence-electron chi connectivity index (χ4n) is 3.61. The highest BCUT2D eigenvalue weighted by Crippen LogP contribution is 2.25. The predicted octanol–water partition coefficient (Wildman–Crippen LogP) is 5.98. The first-order valence-corrected chi connectivity index (χ1v) is 14.0. The molecule has 0 saturated carbocycles. The number of esters is 2. The van der Waals surface area contributed by atoms with Crippen LogP contribution in [0.3, 0.4) is 0 Å². The van der Waals surface area contributed by atoms with Crippen molar-refractivity contribution < 1.29 is 32.0 Å². The summed E-state index contributed by atoms with van der Waals surface area (Å²) in [6.45, 7) is 5.47. The van der Waals surface area contributed by atoms with Crippen molar-refractivity contribution in [3.05, 3.63) is 23.8 Å². The molecular formula is C25H40N2O7S. The monoisotopic (exact) mass is 512 g/mol. The average Bonchev–Trinajstić information content (AvgIpc) is 2.80. The Balaban J connectivity index is 2.76. The molecule has 198 valence electrons. The minimum atomic E-state index is -4.49. The Kier molecular flexibility index (Phi) is 15.0. The molecule has 1 aromatic rings. The summed E-state index contributed by atoms with van der Waals surface area (Å²) in [4.78, 5) is 23.8. The summed E-state index contributed by atoms with van der Waals surface area (Å²) < 4.78 is 43.3. The van der Waals surface area contributed by atoms with Gasteiger partial charge in [0, 0.05) is 0 Å². The lowest BCUT2D eigenvalue weighted by atomic mass is 10.0. The van der Waals surface area contributed by atoms with Crippen molar-refractivity contribution in [2.24, 2.45) is 10.2 Å². The maximum absolute atomic E-state index is 12.0. The molecule has 0 bridgehead atoms. The number of rotatable bonds is 18. The van der Waals surface area contributed by atoms with E-state index in [-0.39, 0.29) is 23.8 Å². The van der Waals surface area contributed by atoms with Crippen molar-refractivity contribution in [1.82, 2.24) is 0 Å². The highest BCUT2D eigenvalue weighted by molar-refractivity contribution is 7.85. The molecule has 0 spiro atoms. The van der Waals surface area contributed by atoms with Crippen LogP contribution in [0.1, 0.15) is 90.5 Å². The van der Waals surface area contributed by atoms with Crippen LogP contribution in [0.5, 0.6) is 0 Å². The van der Waals surface area contributed by atoms with Crippen LogP contribution in [-0.2, 0) is 35.6 Å². The molecule has 0 atom stereocenters. The Morgan fingerprint density at radius 3 is 1.86 bits per heavy atom. The van der Waals surface area contributed by atoms with Crippen molar-refractivity contribution in [3.63, 3.8) is 0 Å². The molecule has 1 aromatic carbocycles. The molecule has 0 saturated heterocycles. The number of hydrogen-bond donors (Lipinski definition) is 1. The van der Waals surface area contributed by atoms with Crippen LogP contribution in [0.4, 0.5) is 5.69 Å². The maximum atomic E-state index is 12.0. The second kappa shape index (κ2) is 17.2. The molecule has 1 N–H and O–H groups in total. The molecule has 1 rings (SSSR count). The number of carbonyl (C=O) groups excluding carboxylic acids is 2. The van der Waals surface area contributed by atoms with E-state index in [4.69, 9.17) is 9.47 Å². The van der Waals surface area contributed by atoms with Gasteiger partial charge in [0.05, 0.1) is 23.8 Å². The smallest absolute Gasteiger partial charge is 0.344 e. The molecule has 9 nitrogen and oxygen atoms in total. The molecule has 0 radical (unpaired) electrons. The van der Waals surface area contributed by atoms with Crippen molar-refractivity contribution in [1.29, 1.82) is 0 Å². The van der Waals surface area contributed by atoms with Crippen molar-refractivity contribution in [2.45, 2.75) is 102 Å². The predicted molar refractivity (Wildman–Crippen MR) is 133 cm³/mol. The zero-order valence-corrected chi connectivity index (χ0v) is 22.0. The lowest BCUT2D eigenvalue weighted by Gasteiger charge is -2.10. The summed E-state index contributed by atoms with van der Waals surface area (Å²) in [6.07, 6.45) is 12.1. The normalized spacial score (nSPS) is 11.8. The van der Waals surface area contributed by atoms with Crippen LogP contribution in [0.2, 0.25) is 0 Å². The van der Waals surface area contributed by atoms with E-state index in [1.165, 1.54) is 57.1 Å². The number of carbonyl (C=O) groups is 2. The Bertz CT molecular complexity index is 898. The van der Waals surface area contributed by atoms with Crippen LogP contribution in [0.25, 0.3) is 0 Å². The zero-order valence-electron chi connectivity index (χ0n) is 21.2. The number of benzene rings is 1. The van der Waals surface area contributed by atoms with E-state index >= 15 is 0 Å². The van der Waals surface area contributed by atoms with Crippen LogP contribution < -0.4 is 0 Å². The summed E-state index contributed by atoms with van der Waals surface area (Å²) in [7, 11) is -4.49. The second-order valence-corrected chi connectivity index (χ2v) is 9.71. The van der Waals surface area contributed by atoms with Gasteiger partial charge in [0.1, 0.15) is 0 Å². The minimum absolute atomic E-state index is 0.0464. The number of unbranched alkanes of at least 4 members (excludes halogenated alkanes) is 9. The Morgan fingerprint density at radius 1 is 0.857 bits per heavy atom. The van der Waals surface area contributed by atoms with Gasteiger partial charge in [-0.15, -0.1) is 0 Å². The van der Waals surface area contributed by atoms with Crippen LogP contribution >= 0.6 is 0 Å². The summed E-state index contributed by atoms with van der Waals surface area (Å²) in [6, 6.07) is 2.65. The number of ether oxygens (including phenoxy) is 2. The number of azo groups is 1. The first kappa shape index (κ1) is 30.7. The third kappa shape index (κ3) is 12.3. The molecule has 0 aliphatic carbocycles. The molecule has 0 amide bonds. The van der Waals surface area contributed by atoms with Crippen molar-refractivity contribution in [3.8, 4) is 0 Å². The zero-order chi connectivity index (χ0) is 26.1. The Hall–Kier alpha value is -2.33. The molecular weight excluding hydrogens is 472 g/mol. The summed E-state index contributed by atoms with van der Waals surface area (Å²) >= 11 is 0. The fraction of sp³-hybridized carbons (Fsp3) is 0.680. The van der Waals surface area contributed by atoms with Gasteiger partial charge in [-0.2, -0.15) is 18.6 Å². The molecule has 0 fully saturated rings. The molecule has 35 heavy (non-hydrogen) atoms. The quantitative estimate of drug-likeness (QED) is 0.0841. The minimum Gasteiger partial charge on any atom is -0.464 e. The van der Waals surface area contributed by atoms with Gasteiger partial charge < -0.3 is 9.47 Å². The first-order chi connectivity index (χ1) is 16.7. The van der Waals surface area contributed by atoms with E-state index < -0.39 is 28.1 Å². The largest absolute Gasteiger partial charge is 0.464 e. The van der Waals surface area contributed by atoms with Gasteiger partial charge in [0.15, 0.2) is 0 Å². The number of hydrogen-bond acceptors (Lipinski definition) is 8.